The van der Waals surface area contributed by atoms with Gasteiger partial charge in [-0.15, -0.1) is 0 Å². The number of ether oxygens (including phenoxy) is 3. The first-order valence-corrected chi connectivity index (χ1v) is 10.2. The van der Waals surface area contributed by atoms with Crippen molar-refractivity contribution in [2.45, 2.75) is 36.8 Å². The summed E-state index contributed by atoms with van der Waals surface area (Å²) < 4.78 is 31.1. The number of carbonyl (C=O) groups excluding carboxylic acids is 1. The molecule has 0 bridgehead atoms. The van der Waals surface area contributed by atoms with E-state index in [0.29, 0.717) is 16.4 Å². The number of benzene rings is 2. The average molecular weight is 422 g/mol. The van der Waals surface area contributed by atoms with Crippen LogP contribution in [0.1, 0.15) is 30.0 Å². The number of aryl methyl sites for hydroxylation is 1. The first kappa shape index (κ1) is 22.9. The minimum absolute atomic E-state index is 0.154. The summed E-state index contributed by atoms with van der Waals surface area (Å²) in [5, 5.41) is 10.3. The van der Waals surface area contributed by atoms with E-state index < -0.39 is 29.1 Å². The molecule has 0 saturated carbocycles. The monoisotopic (exact) mass is 421 g/mol. The highest BCUT2D eigenvalue weighted by atomic mass is 32.2. The second kappa shape index (κ2) is 10.9. The van der Waals surface area contributed by atoms with Crippen LogP contribution in [0.5, 0.6) is 11.5 Å². The largest absolute Gasteiger partial charge is 0.493 e. The van der Waals surface area contributed by atoms with E-state index in [1.54, 1.807) is 37.4 Å². The minimum Gasteiger partial charge on any atom is -0.493 e. The molecule has 158 valence electrons. The van der Waals surface area contributed by atoms with E-state index in [2.05, 4.69) is 9.46 Å². The van der Waals surface area contributed by atoms with E-state index in [4.69, 9.17) is 9.47 Å². The Kier molecular flexibility index (Phi) is 8.63. The molecule has 0 heterocycles. The smallest absolute Gasteiger partial charge is 0.308 e. The van der Waals surface area contributed by atoms with E-state index >= 15 is 0 Å². The maximum absolute atomic E-state index is 12.8. The summed E-state index contributed by atoms with van der Waals surface area (Å²) in [7, 11) is 2.82. The van der Waals surface area contributed by atoms with Gasteiger partial charge in [0.05, 0.1) is 38.7 Å². The number of nitrogens with one attached hydrogen (secondary N) is 1. The van der Waals surface area contributed by atoms with Gasteiger partial charge in [-0.25, -0.2) is 8.93 Å². The van der Waals surface area contributed by atoms with Crippen LogP contribution in [0.25, 0.3) is 0 Å². The summed E-state index contributed by atoms with van der Waals surface area (Å²) in [5.41, 5.74) is 1.81. The summed E-state index contributed by atoms with van der Waals surface area (Å²) in [6.07, 6.45) is -0.968. The van der Waals surface area contributed by atoms with E-state index in [0.717, 1.165) is 11.1 Å². The van der Waals surface area contributed by atoms with Crippen LogP contribution in [0.4, 0.5) is 0 Å². The first-order valence-electron chi connectivity index (χ1n) is 9.09. The molecule has 0 saturated heterocycles. The molecule has 2 N–H and O–H groups in total. The van der Waals surface area contributed by atoms with Crippen LogP contribution in [0, 0.1) is 6.92 Å². The van der Waals surface area contributed by atoms with E-state index in [9.17, 15) is 14.1 Å². The van der Waals surface area contributed by atoms with Gasteiger partial charge >= 0.3 is 5.97 Å². The zero-order chi connectivity index (χ0) is 21.4. The van der Waals surface area contributed by atoms with Crippen molar-refractivity contribution in [1.29, 1.82) is 0 Å². The Morgan fingerprint density at radius 3 is 2.31 bits per heavy atom. The summed E-state index contributed by atoms with van der Waals surface area (Å²) in [5.74, 6) is 0.563. The number of hydrogen-bond acceptors (Lipinski definition) is 6. The first-order chi connectivity index (χ1) is 13.9. The lowest BCUT2D eigenvalue weighted by molar-refractivity contribution is -0.142. The Labute approximate surface area is 173 Å². The van der Waals surface area contributed by atoms with Crippen molar-refractivity contribution < 1.29 is 28.3 Å². The van der Waals surface area contributed by atoms with Gasteiger partial charge in [-0.2, -0.15) is 0 Å². The summed E-state index contributed by atoms with van der Waals surface area (Å²) in [6, 6.07) is 12.1. The molecule has 0 spiro atoms. The molecule has 29 heavy (non-hydrogen) atoms. The number of methoxy groups -OCH3 is 3. The van der Waals surface area contributed by atoms with Crippen molar-refractivity contribution >= 4 is 17.0 Å². The Morgan fingerprint density at radius 2 is 1.72 bits per heavy atom. The Morgan fingerprint density at radius 1 is 1.07 bits per heavy atom. The molecule has 2 aromatic rings. The molecular formula is C21H27NO6S. The van der Waals surface area contributed by atoms with Gasteiger partial charge in [0.15, 0.2) is 11.5 Å². The maximum Gasteiger partial charge on any atom is 0.308 e. The van der Waals surface area contributed by atoms with E-state index in [1.807, 2.05) is 19.1 Å². The lowest BCUT2D eigenvalue weighted by atomic mass is 9.99. The molecule has 0 aromatic heterocycles. The van der Waals surface area contributed by atoms with Gasteiger partial charge in [-0.3, -0.25) is 4.79 Å². The van der Waals surface area contributed by atoms with Gasteiger partial charge < -0.3 is 19.3 Å². The number of aliphatic hydroxyl groups is 1. The normalized spacial score (nSPS) is 14.0. The van der Waals surface area contributed by atoms with Gasteiger partial charge in [0.25, 0.3) is 0 Å². The summed E-state index contributed by atoms with van der Waals surface area (Å²) in [6.45, 7) is 1.95. The maximum atomic E-state index is 12.8. The Hall–Kier alpha value is -2.42. The van der Waals surface area contributed by atoms with Gasteiger partial charge in [-0.05, 0) is 43.2 Å². The minimum atomic E-state index is -1.52. The zero-order valence-corrected chi connectivity index (χ0v) is 17.8. The van der Waals surface area contributed by atoms with E-state index in [-0.39, 0.29) is 12.8 Å². The molecule has 2 rings (SSSR count). The fourth-order valence-electron chi connectivity index (χ4n) is 2.81. The molecule has 0 fully saturated rings. The molecule has 0 radical (unpaired) electrons. The lowest BCUT2D eigenvalue weighted by Crippen LogP contribution is -2.28. The van der Waals surface area contributed by atoms with Crippen LogP contribution in [-0.4, -0.2) is 42.7 Å². The van der Waals surface area contributed by atoms with Crippen LogP contribution in [0.3, 0.4) is 0 Å². The number of hydrogen-bond donors (Lipinski definition) is 2. The molecule has 0 aliphatic carbocycles. The van der Waals surface area contributed by atoms with Crippen LogP contribution in [-0.2, 0) is 20.5 Å². The second-order valence-corrected chi connectivity index (χ2v) is 7.78. The highest BCUT2D eigenvalue weighted by molar-refractivity contribution is 7.83. The molecule has 3 atom stereocenters. The summed E-state index contributed by atoms with van der Waals surface area (Å²) in [4.78, 5) is 12.1. The number of rotatable bonds is 10. The van der Waals surface area contributed by atoms with Crippen molar-refractivity contribution in [2.75, 3.05) is 21.3 Å². The molecule has 0 aliphatic rings. The highest BCUT2D eigenvalue weighted by Crippen LogP contribution is 2.32. The Balaban J connectivity index is 2.28. The predicted octanol–water partition coefficient (Wildman–Crippen LogP) is 2.68. The van der Waals surface area contributed by atoms with Crippen LogP contribution < -0.4 is 14.2 Å². The van der Waals surface area contributed by atoms with Crippen molar-refractivity contribution in [3.05, 3.63) is 53.6 Å². The number of aliphatic hydroxyl groups excluding tert-OH is 1. The van der Waals surface area contributed by atoms with Gasteiger partial charge in [0, 0.05) is 6.04 Å². The fraction of sp³-hybridized carbons (Fsp3) is 0.381. The van der Waals surface area contributed by atoms with E-state index in [1.165, 1.54) is 14.2 Å². The topological polar surface area (TPSA) is 94.1 Å². The third-order valence-corrected chi connectivity index (χ3v) is 5.63. The van der Waals surface area contributed by atoms with Crippen LogP contribution in [0.2, 0.25) is 0 Å². The fourth-order valence-corrected chi connectivity index (χ4v) is 3.82. The van der Waals surface area contributed by atoms with Gasteiger partial charge in [0.1, 0.15) is 11.0 Å². The molecule has 7 nitrogen and oxygen atoms in total. The third kappa shape index (κ3) is 6.56. The molecular weight excluding hydrogens is 394 g/mol. The highest BCUT2D eigenvalue weighted by Gasteiger charge is 2.22. The SMILES string of the molecule is COC(=O)C[C@H](O)C[C@H](NS(=O)c1ccc(C)cc1)c1ccc(OC)c(OC)c1. The van der Waals surface area contributed by atoms with Crippen molar-refractivity contribution in [2.24, 2.45) is 0 Å². The zero-order valence-electron chi connectivity index (χ0n) is 17.0. The lowest BCUT2D eigenvalue weighted by Gasteiger charge is -2.22. The second-order valence-electron chi connectivity index (χ2n) is 6.54. The predicted molar refractivity (Wildman–Crippen MR) is 110 cm³/mol. The molecule has 1 unspecified atom stereocenters. The Bertz CT molecular complexity index is 840. The molecule has 2 aromatic carbocycles. The molecule has 0 amide bonds. The van der Waals surface area contributed by atoms with Crippen LogP contribution >= 0.6 is 0 Å². The average Bonchev–Trinajstić information content (AvgIpc) is 2.72. The van der Waals surface area contributed by atoms with Gasteiger partial charge in [0.2, 0.25) is 0 Å². The summed E-state index contributed by atoms with van der Waals surface area (Å²) >= 11 is 0. The standard InChI is InChI=1S/C21H27NO6S/c1-14-5-8-17(9-6-14)29(25)22-18(12-16(23)13-21(24)28-4)15-7-10-19(26-2)20(11-15)27-3/h5-11,16,18,22-23H,12-13H2,1-4H3/t16-,18+,29?/m1/s1. The molecule has 8 heteroatoms. The quantitative estimate of drug-likeness (QED) is 0.573. The van der Waals surface area contributed by atoms with Gasteiger partial charge in [-0.1, -0.05) is 23.8 Å². The number of carbonyl (C=O) groups is 1. The van der Waals surface area contributed by atoms with Crippen molar-refractivity contribution in [1.82, 2.24) is 4.72 Å². The molecule has 0 aliphatic heterocycles. The van der Waals surface area contributed by atoms with Crippen molar-refractivity contribution in [3.8, 4) is 11.5 Å². The van der Waals surface area contributed by atoms with Crippen molar-refractivity contribution in [3.63, 3.8) is 0 Å². The number of esters is 1. The van der Waals surface area contributed by atoms with Crippen LogP contribution in [0.15, 0.2) is 47.4 Å². The third-order valence-electron chi connectivity index (χ3n) is 4.43.